The molecule has 0 radical (unpaired) electrons. The number of hydrogen-bond acceptors (Lipinski definition) is 2. The molecule has 20 heavy (non-hydrogen) atoms. The number of alkyl halides is 3. The summed E-state index contributed by atoms with van der Waals surface area (Å²) < 4.78 is 36.8. The second-order valence-electron chi connectivity index (χ2n) is 5.63. The molecule has 0 bridgehead atoms. The molecule has 1 aliphatic carbocycles. The van der Waals surface area contributed by atoms with Crippen molar-refractivity contribution in [2.24, 2.45) is 11.8 Å². The Balaban J connectivity index is 1.99. The van der Waals surface area contributed by atoms with E-state index in [1.54, 1.807) is 12.1 Å². The molecule has 5 heteroatoms. The van der Waals surface area contributed by atoms with Gasteiger partial charge >= 0.3 is 5.51 Å². The van der Waals surface area contributed by atoms with Crippen molar-refractivity contribution >= 4 is 17.4 Å². The molecule has 0 aromatic heterocycles. The van der Waals surface area contributed by atoms with Gasteiger partial charge in [0.2, 0.25) is 0 Å². The standard InChI is InChI=1S/C15H20F3NS/c1-10-4-3-5-11(2)14(10)19-12-6-8-13(9-7-12)20-15(16,17)18/h6-11,14,19H,3-5H2,1-2H3. The summed E-state index contributed by atoms with van der Waals surface area (Å²) in [7, 11) is 0. The molecule has 1 aromatic carbocycles. The number of benzene rings is 1. The van der Waals surface area contributed by atoms with Gasteiger partial charge in [-0.1, -0.05) is 20.3 Å². The minimum Gasteiger partial charge on any atom is -0.382 e. The lowest BCUT2D eigenvalue weighted by Crippen LogP contribution is -2.36. The lowest BCUT2D eigenvalue weighted by molar-refractivity contribution is -0.0328. The van der Waals surface area contributed by atoms with Crippen molar-refractivity contribution in [2.75, 3.05) is 5.32 Å². The zero-order valence-corrected chi connectivity index (χ0v) is 12.5. The van der Waals surface area contributed by atoms with Crippen molar-refractivity contribution < 1.29 is 13.2 Å². The van der Waals surface area contributed by atoms with Crippen LogP contribution in [0, 0.1) is 11.8 Å². The summed E-state index contributed by atoms with van der Waals surface area (Å²) in [4.78, 5) is 0.229. The maximum atomic E-state index is 12.3. The summed E-state index contributed by atoms with van der Waals surface area (Å²) in [5.74, 6) is 1.20. The van der Waals surface area contributed by atoms with E-state index in [9.17, 15) is 13.2 Å². The first kappa shape index (κ1) is 15.5. The topological polar surface area (TPSA) is 12.0 Å². The third kappa shape index (κ3) is 4.33. The van der Waals surface area contributed by atoms with Crippen LogP contribution in [-0.2, 0) is 0 Å². The minimum absolute atomic E-state index is 0.0712. The van der Waals surface area contributed by atoms with E-state index in [2.05, 4.69) is 19.2 Å². The van der Waals surface area contributed by atoms with Gasteiger partial charge in [-0.2, -0.15) is 13.2 Å². The van der Waals surface area contributed by atoms with Gasteiger partial charge in [-0.05, 0) is 60.7 Å². The van der Waals surface area contributed by atoms with Crippen LogP contribution in [0.2, 0.25) is 0 Å². The van der Waals surface area contributed by atoms with Gasteiger partial charge in [0.1, 0.15) is 0 Å². The molecule has 2 atom stereocenters. The maximum Gasteiger partial charge on any atom is 0.446 e. The van der Waals surface area contributed by atoms with Crippen molar-refractivity contribution in [3.63, 3.8) is 0 Å². The summed E-state index contributed by atoms with van der Waals surface area (Å²) in [6, 6.07) is 6.94. The number of hydrogen-bond donors (Lipinski definition) is 1. The second-order valence-corrected chi connectivity index (χ2v) is 6.77. The highest BCUT2D eigenvalue weighted by molar-refractivity contribution is 8.00. The van der Waals surface area contributed by atoms with Crippen molar-refractivity contribution in [3.8, 4) is 0 Å². The molecule has 0 heterocycles. The molecule has 112 valence electrons. The third-order valence-corrected chi connectivity index (χ3v) is 4.71. The third-order valence-electron chi connectivity index (χ3n) is 3.97. The fourth-order valence-electron chi connectivity index (χ4n) is 2.91. The van der Waals surface area contributed by atoms with Crippen LogP contribution in [-0.4, -0.2) is 11.6 Å². The molecule has 0 aliphatic heterocycles. The molecule has 2 unspecified atom stereocenters. The van der Waals surface area contributed by atoms with Gasteiger partial charge in [0.05, 0.1) is 0 Å². The quantitative estimate of drug-likeness (QED) is 0.736. The van der Waals surface area contributed by atoms with Gasteiger partial charge < -0.3 is 5.32 Å². The SMILES string of the molecule is CC1CCCC(C)C1Nc1ccc(SC(F)(F)F)cc1. The Labute approximate surface area is 122 Å². The Morgan fingerprint density at radius 1 is 1.05 bits per heavy atom. The Morgan fingerprint density at radius 3 is 2.10 bits per heavy atom. The fourth-order valence-corrected chi connectivity index (χ4v) is 3.45. The monoisotopic (exact) mass is 303 g/mol. The first-order valence-electron chi connectivity index (χ1n) is 6.97. The molecule has 1 fully saturated rings. The van der Waals surface area contributed by atoms with E-state index >= 15 is 0 Å². The number of thioether (sulfide) groups is 1. The van der Waals surface area contributed by atoms with Gasteiger partial charge in [-0.25, -0.2) is 0 Å². The molecule has 0 saturated heterocycles. The normalized spacial score (nSPS) is 27.4. The van der Waals surface area contributed by atoms with Gasteiger partial charge in [-0.3, -0.25) is 0 Å². The van der Waals surface area contributed by atoms with Crippen molar-refractivity contribution in [1.29, 1.82) is 0 Å². The predicted octanol–water partition coefficient (Wildman–Crippen LogP) is 5.54. The average Bonchev–Trinajstić information content (AvgIpc) is 2.34. The Morgan fingerprint density at radius 2 is 1.60 bits per heavy atom. The first-order chi connectivity index (χ1) is 9.35. The lowest BCUT2D eigenvalue weighted by Gasteiger charge is -2.36. The van der Waals surface area contributed by atoms with Gasteiger partial charge in [0.15, 0.2) is 0 Å². The summed E-state index contributed by atoms with van der Waals surface area (Å²) >= 11 is -0.0712. The van der Waals surface area contributed by atoms with Crippen LogP contribution in [0.1, 0.15) is 33.1 Å². The molecule has 1 saturated carbocycles. The van der Waals surface area contributed by atoms with Crippen LogP contribution >= 0.6 is 11.8 Å². The Bertz CT molecular complexity index is 420. The van der Waals surface area contributed by atoms with E-state index in [4.69, 9.17) is 0 Å². The predicted molar refractivity (Wildman–Crippen MR) is 77.9 cm³/mol. The van der Waals surface area contributed by atoms with Gasteiger partial charge in [0, 0.05) is 16.6 Å². The van der Waals surface area contributed by atoms with Crippen LogP contribution in [0.25, 0.3) is 0 Å². The molecule has 1 nitrogen and oxygen atoms in total. The highest BCUT2D eigenvalue weighted by atomic mass is 32.2. The number of nitrogens with one attached hydrogen (secondary N) is 1. The maximum absolute atomic E-state index is 12.3. The second kappa shape index (κ2) is 6.29. The van der Waals surface area contributed by atoms with E-state index in [1.807, 2.05) is 0 Å². The van der Waals surface area contributed by atoms with E-state index < -0.39 is 5.51 Å². The van der Waals surface area contributed by atoms with Crippen molar-refractivity contribution in [1.82, 2.24) is 0 Å². The largest absolute Gasteiger partial charge is 0.446 e. The molecule has 1 N–H and O–H groups in total. The van der Waals surface area contributed by atoms with E-state index in [1.165, 1.54) is 31.4 Å². The highest BCUT2D eigenvalue weighted by Crippen LogP contribution is 2.37. The Hall–Kier alpha value is -0.840. The minimum atomic E-state index is -4.22. The smallest absolute Gasteiger partial charge is 0.382 e. The molecular weight excluding hydrogens is 283 g/mol. The number of rotatable bonds is 3. The molecular formula is C15H20F3NS. The van der Waals surface area contributed by atoms with Crippen LogP contribution in [0.15, 0.2) is 29.2 Å². The van der Waals surface area contributed by atoms with Gasteiger partial charge in [-0.15, -0.1) is 0 Å². The van der Waals surface area contributed by atoms with E-state index in [0.717, 1.165) is 5.69 Å². The zero-order chi connectivity index (χ0) is 14.8. The van der Waals surface area contributed by atoms with Crippen LogP contribution in [0.3, 0.4) is 0 Å². The molecule has 2 rings (SSSR count). The number of halogens is 3. The van der Waals surface area contributed by atoms with Crippen molar-refractivity contribution in [2.45, 2.75) is 49.6 Å². The molecule has 1 aromatic rings. The summed E-state index contributed by atoms with van der Waals surface area (Å²) in [6.07, 6.45) is 3.69. The average molecular weight is 303 g/mol. The first-order valence-corrected chi connectivity index (χ1v) is 7.79. The molecule has 0 spiro atoms. The fraction of sp³-hybridized carbons (Fsp3) is 0.600. The molecule has 0 amide bonds. The zero-order valence-electron chi connectivity index (χ0n) is 11.7. The van der Waals surface area contributed by atoms with Crippen LogP contribution < -0.4 is 5.32 Å². The number of anilines is 1. The molecule has 1 aliphatic rings. The summed E-state index contributed by atoms with van der Waals surface area (Å²) in [6.45, 7) is 4.47. The Kier molecular flexibility index (Phi) is 4.89. The van der Waals surface area contributed by atoms with Crippen LogP contribution in [0.4, 0.5) is 18.9 Å². The highest BCUT2D eigenvalue weighted by Gasteiger charge is 2.29. The summed E-state index contributed by atoms with van der Waals surface area (Å²) in [5.41, 5.74) is -3.32. The summed E-state index contributed by atoms with van der Waals surface area (Å²) in [5, 5.41) is 3.48. The van der Waals surface area contributed by atoms with E-state index in [-0.39, 0.29) is 16.7 Å². The van der Waals surface area contributed by atoms with Crippen LogP contribution in [0.5, 0.6) is 0 Å². The van der Waals surface area contributed by atoms with Crippen molar-refractivity contribution in [3.05, 3.63) is 24.3 Å². The van der Waals surface area contributed by atoms with E-state index in [0.29, 0.717) is 17.9 Å². The van der Waals surface area contributed by atoms with Gasteiger partial charge in [0.25, 0.3) is 0 Å². The lowest BCUT2D eigenvalue weighted by atomic mass is 9.78.